The summed E-state index contributed by atoms with van der Waals surface area (Å²) < 4.78 is 18.5. The van der Waals surface area contributed by atoms with Crippen LogP contribution in [0.4, 0.5) is 4.39 Å². The fourth-order valence-corrected chi connectivity index (χ4v) is 2.93. The monoisotopic (exact) mass is 389 g/mol. The van der Waals surface area contributed by atoms with Crippen LogP contribution in [0.15, 0.2) is 53.7 Å². The van der Waals surface area contributed by atoms with Crippen LogP contribution in [0, 0.1) is 5.82 Å². The van der Waals surface area contributed by atoms with Gasteiger partial charge in [-0.1, -0.05) is 41.6 Å². The Morgan fingerprint density at radius 1 is 1.08 bits per heavy atom. The van der Waals surface area contributed by atoms with Crippen molar-refractivity contribution < 1.29 is 9.13 Å². The van der Waals surface area contributed by atoms with Gasteiger partial charge in [-0.2, -0.15) is 0 Å². The standard InChI is InChI=1S/C19H17ClFN3OS/c20-15-5-9-17(10-6-15)25-12-1-13-26-19-22-18(23-24-19)11-4-14-2-7-16(21)8-3-14/h2-11H,1,12-13H2,(H,22,23,24)/b11-4-. The number of benzene rings is 2. The zero-order valence-corrected chi connectivity index (χ0v) is 15.4. The summed E-state index contributed by atoms with van der Waals surface area (Å²) >= 11 is 7.40. The van der Waals surface area contributed by atoms with Gasteiger partial charge < -0.3 is 4.74 Å². The number of halogens is 2. The molecular weight excluding hydrogens is 373 g/mol. The maximum atomic E-state index is 12.9. The Morgan fingerprint density at radius 3 is 2.62 bits per heavy atom. The number of rotatable bonds is 8. The smallest absolute Gasteiger partial charge is 0.208 e. The quantitative estimate of drug-likeness (QED) is 0.418. The van der Waals surface area contributed by atoms with Crippen molar-refractivity contribution in [2.45, 2.75) is 11.6 Å². The van der Waals surface area contributed by atoms with Gasteiger partial charge >= 0.3 is 0 Å². The average Bonchev–Trinajstić information content (AvgIpc) is 3.10. The predicted molar refractivity (Wildman–Crippen MR) is 104 cm³/mol. The van der Waals surface area contributed by atoms with Crippen LogP contribution in [0.5, 0.6) is 5.75 Å². The first-order valence-electron chi connectivity index (χ1n) is 8.06. The number of H-pyrrole nitrogens is 1. The normalized spacial score (nSPS) is 11.2. The highest BCUT2D eigenvalue weighted by Gasteiger charge is 2.02. The van der Waals surface area contributed by atoms with E-state index < -0.39 is 0 Å². The Hall–Kier alpha value is -2.31. The predicted octanol–water partition coefficient (Wildman–Crippen LogP) is 5.33. The molecule has 0 fully saturated rings. The lowest BCUT2D eigenvalue weighted by Gasteiger charge is -2.05. The number of hydrogen-bond acceptors (Lipinski definition) is 4. The van der Waals surface area contributed by atoms with Gasteiger partial charge in [0.15, 0.2) is 0 Å². The van der Waals surface area contributed by atoms with E-state index in [2.05, 4.69) is 15.2 Å². The molecule has 3 rings (SSSR count). The average molecular weight is 390 g/mol. The molecule has 0 unspecified atom stereocenters. The number of nitrogens with one attached hydrogen (secondary N) is 1. The second kappa shape index (κ2) is 9.40. The lowest BCUT2D eigenvalue weighted by molar-refractivity contribution is 0.318. The third kappa shape index (κ3) is 5.89. The molecule has 0 saturated carbocycles. The van der Waals surface area contributed by atoms with Crippen LogP contribution in [0.3, 0.4) is 0 Å². The molecule has 1 N–H and O–H groups in total. The number of aromatic nitrogens is 3. The van der Waals surface area contributed by atoms with E-state index >= 15 is 0 Å². The van der Waals surface area contributed by atoms with Crippen molar-refractivity contribution in [3.63, 3.8) is 0 Å². The summed E-state index contributed by atoms with van der Waals surface area (Å²) in [4.78, 5) is 4.39. The summed E-state index contributed by atoms with van der Waals surface area (Å²) in [7, 11) is 0. The molecule has 0 saturated heterocycles. The van der Waals surface area contributed by atoms with Crippen LogP contribution in [-0.4, -0.2) is 27.5 Å². The van der Waals surface area contributed by atoms with E-state index in [0.29, 0.717) is 22.6 Å². The van der Waals surface area contributed by atoms with E-state index in [1.54, 1.807) is 36.0 Å². The van der Waals surface area contributed by atoms with Crippen LogP contribution in [0.1, 0.15) is 17.8 Å². The summed E-state index contributed by atoms with van der Waals surface area (Å²) in [5, 5.41) is 8.43. The van der Waals surface area contributed by atoms with E-state index in [-0.39, 0.29) is 5.82 Å². The van der Waals surface area contributed by atoms with E-state index in [9.17, 15) is 4.39 Å². The minimum Gasteiger partial charge on any atom is -0.494 e. The van der Waals surface area contributed by atoms with Crippen molar-refractivity contribution in [1.82, 2.24) is 15.2 Å². The number of aromatic amines is 1. The Morgan fingerprint density at radius 2 is 1.85 bits per heavy atom. The zero-order chi connectivity index (χ0) is 18.2. The maximum Gasteiger partial charge on any atom is 0.208 e. The lowest BCUT2D eigenvalue weighted by Crippen LogP contribution is -1.98. The number of nitrogens with zero attached hydrogens (tertiary/aromatic N) is 2. The Kier molecular flexibility index (Phi) is 6.68. The minimum atomic E-state index is -0.249. The topological polar surface area (TPSA) is 50.8 Å². The zero-order valence-electron chi connectivity index (χ0n) is 13.9. The Labute approximate surface area is 160 Å². The van der Waals surface area contributed by atoms with Gasteiger partial charge in [-0.15, -0.1) is 5.10 Å². The van der Waals surface area contributed by atoms with Crippen molar-refractivity contribution in [3.05, 3.63) is 70.8 Å². The second-order valence-electron chi connectivity index (χ2n) is 5.39. The van der Waals surface area contributed by atoms with Gasteiger partial charge in [-0.3, -0.25) is 5.10 Å². The summed E-state index contributed by atoms with van der Waals surface area (Å²) in [6, 6.07) is 13.6. The van der Waals surface area contributed by atoms with Crippen molar-refractivity contribution in [3.8, 4) is 5.75 Å². The molecule has 134 valence electrons. The fraction of sp³-hybridized carbons (Fsp3) is 0.158. The molecular formula is C19H17ClFN3OS. The van der Waals surface area contributed by atoms with Crippen LogP contribution in [0.2, 0.25) is 5.02 Å². The molecule has 0 aliphatic heterocycles. The third-order valence-corrected chi connectivity index (χ3v) is 4.57. The van der Waals surface area contributed by atoms with Gasteiger partial charge in [0.25, 0.3) is 0 Å². The highest BCUT2D eigenvalue weighted by Crippen LogP contribution is 2.17. The molecule has 2 aromatic carbocycles. The highest BCUT2D eigenvalue weighted by molar-refractivity contribution is 7.99. The summed E-state index contributed by atoms with van der Waals surface area (Å²) in [6.07, 6.45) is 4.55. The first-order valence-corrected chi connectivity index (χ1v) is 9.42. The molecule has 0 amide bonds. The lowest BCUT2D eigenvalue weighted by atomic mass is 10.2. The largest absolute Gasteiger partial charge is 0.494 e. The molecule has 0 aliphatic carbocycles. The van der Waals surface area contributed by atoms with Crippen molar-refractivity contribution in [2.75, 3.05) is 12.4 Å². The van der Waals surface area contributed by atoms with Gasteiger partial charge in [-0.05, 0) is 54.5 Å². The van der Waals surface area contributed by atoms with Gasteiger partial charge in [0, 0.05) is 10.8 Å². The van der Waals surface area contributed by atoms with Crippen LogP contribution < -0.4 is 4.74 Å². The Balaban J connectivity index is 1.39. The minimum absolute atomic E-state index is 0.249. The molecule has 1 aromatic heterocycles. The SMILES string of the molecule is Fc1ccc(/C=C\c2nc(SCCCOc3ccc(Cl)cc3)n[nH]2)cc1. The van der Waals surface area contributed by atoms with Gasteiger partial charge in [0.2, 0.25) is 5.16 Å². The number of thioether (sulfide) groups is 1. The molecule has 0 radical (unpaired) electrons. The highest BCUT2D eigenvalue weighted by atomic mass is 35.5. The van der Waals surface area contributed by atoms with Crippen LogP contribution in [0.25, 0.3) is 12.2 Å². The third-order valence-electron chi connectivity index (χ3n) is 3.39. The van der Waals surface area contributed by atoms with Crippen molar-refractivity contribution in [1.29, 1.82) is 0 Å². The van der Waals surface area contributed by atoms with Crippen LogP contribution in [-0.2, 0) is 0 Å². The molecule has 1 heterocycles. The van der Waals surface area contributed by atoms with E-state index in [4.69, 9.17) is 16.3 Å². The van der Waals surface area contributed by atoms with E-state index in [1.807, 2.05) is 24.3 Å². The molecule has 3 aromatic rings. The van der Waals surface area contributed by atoms with Crippen molar-refractivity contribution in [2.24, 2.45) is 0 Å². The molecule has 0 atom stereocenters. The van der Waals surface area contributed by atoms with E-state index in [1.165, 1.54) is 12.1 Å². The number of ether oxygens (including phenoxy) is 1. The maximum absolute atomic E-state index is 12.9. The summed E-state index contributed by atoms with van der Waals surface area (Å²) in [6.45, 7) is 0.621. The van der Waals surface area contributed by atoms with E-state index in [0.717, 1.165) is 23.5 Å². The summed E-state index contributed by atoms with van der Waals surface area (Å²) in [5.41, 5.74) is 0.899. The molecule has 7 heteroatoms. The second-order valence-corrected chi connectivity index (χ2v) is 6.89. The first-order chi connectivity index (χ1) is 12.7. The number of hydrogen-bond donors (Lipinski definition) is 1. The molecule has 0 aliphatic rings. The molecule has 4 nitrogen and oxygen atoms in total. The van der Waals surface area contributed by atoms with Crippen LogP contribution >= 0.6 is 23.4 Å². The molecule has 0 bridgehead atoms. The molecule has 26 heavy (non-hydrogen) atoms. The first kappa shape index (κ1) is 18.5. The Bertz CT molecular complexity index is 850. The van der Waals surface area contributed by atoms with Gasteiger partial charge in [0.05, 0.1) is 6.61 Å². The fourth-order valence-electron chi connectivity index (χ4n) is 2.09. The summed E-state index contributed by atoms with van der Waals surface area (Å²) in [5.74, 6) is 2.08. The van der Waals surface area contributed by atoms with Crippen molar-refractivity contribution >= 4 is 35.5 Å². The molecule has 0 spiro atoms. The van der Waals surface area contributed by atoms with Gasteiger partial charge in [0.1, 0.15) is 17.4 Å². The van der Waals surface area contributed by atoms with Gasteiger partial charge in [-0.25, -0.2) is 9.37 Å².